The van der Waals surface area contributed by atoms with Crippen LogP contribution in [0.4, 0.5) is 0 Å². The van der Waals surface area contributed by atoms with Gasteiger partial charge in [-0.2, -0.15) is 0 Å². The lowest BCUT2D eigenvalue weighted by atomic mass is 9.85. The first-order valence-electron chi connectivity index (χ1n) is 6.49. The Morgan fingerprint density at radius 1 is 1.39 bits per heavy atom. The summed E-state index contributed by atoms with van der Waals surface area (Å²) in [7, 11) is 1.69. The summed E-state index contributed by atoms with van der Waals surface area (Å²) in [5.41, 5.74) is 10.2. The van der Waals surface area contributed by atoms with Crippen LogP contribution in [0.3, 0.4) is 0 Å². The average molecular weight is 256 g/mol. The SMILES string of the molecule is CCNC(CCC(NC)C(N)=O)(C(N)=O)C1CC1. The van der Waals surface area contributed by atoms with Crippen molar-refractivity contribution in [2.75, 3.05) is 13.6 Å². The van der Waals surface area contributed by atoms with Gasteiger partial charge in [-0.3, -0.25) is 9.59 Å². The molecule has 104 valence electrons. The molecule has 0 bridgehead atoms. The van der Waals surface area contributed by atoms with Gasteiger partial charge in [0.1, 0.15) is 5.54 Å². The summed E-state index contributed by atoms with van der Waals surface area (Å²) in [5, 5.41) is 6.08. The van der Waals surface area contributed by atoms with Gasteiger partial charge in [-0.15, -0.1) is 0 Å². The highest BCUT2D eigenvalue weighted by Crippen LogP contribution is 2.42. The fraction of sp³-hybridized carbons (Fsp3) is 0.833. The van der Waals surface area contributed by atoms with Crippen LogP contribution in [0.25, 0.3) is 0 Å². The van der Waals surface area contributed by atoms with Crippen molar-refractivity contribution in [3.63, 3.8) is 0 Å². The van der Waals surface area contributed by atoms with E-state index in [1.54, 1.807) is 7.05 Å². The number of amides is 2. The molecule has 0 aliphatic heterocycles. The fourth-order valence-electron chi connectivity index (χ4n) is 2.54. The lowest BCUT2D eigenvalue weighted by Crippen LogP contribution is -2.58. The predicted molar refractivity (Wildman–Crippen MR) is 69.6 cm³/mol. The van der Waals surface area contributed by atoms with Crippen LogP contribution in [0, 0.1) is 5.92 Å². The lowest BCUT2D eigenvalue weighted by molar-refractivity contribution is -0.126. The molecule has 2 unspecified atom stereocenters. The molecule has 1 aliphatic rings. The quantitative estimate of drug-likeness (QED) is 0.428. The van der Waals surface area contributed by atoms with E-state index in [0.717, 1.165) is 12.8 Å². The Morgan fingerprint density at radius 3 is 2.33 bits per heavy atom. The molecule has 0 aromatic heterocycles. The van der Waals surface area contributed by atoms with E-state index < -0.39 is 17.5 Å². The number of nitrogens with one attached hydrogen (secondary N) is 2. The van der Waals surface area contributed by atoms with E-state index in [-0.39, 0.29) is 5.91 Å². The van der Waals surface area contributed by atoms with Crippen molar-refractivity contribution in [3.8, 4) is 0 Å². The maximum Gasteiger partial charge on any atom is 0.238 e. The summed E-state index contributed by atoms with van der Waals surface area (Å²) in [6.07, 6.45) is 3.07. The zero-order valence-corrected chi connectivity index (χ0v) is 11.2. The minimum Gasteiger partial charge on any atom is -0.368 e. The van der Waals surface area contributed by atoms with Gasteiger partial charge in [-0.1, -0.05) is 6.92 Å². The zero-order chi connectivity index (χ0) is 13.8. The molecule has 2 atom stereocenters. The van der Waals surface area contributed by atoms with E-state index in [2.05, 4.69) is 10.6 Å². The summed E-state index contributed by atoms with van der Waals surface area (Å²) < 4.78 is 0. The topological polar surface area (TPSA) is 110 Å². The average Bonchev–Trinajstić information content (AvgIpc) is 3.11. The minimum atomic E-state index is -0.681. The van der Waals surface area contributed by atoms with Gasteiger partial charge >= 0.3 is 0 Å². The second-order valence-electron chi connectivity index (χ2n) is 4.92. The van der Waals surface area contributed by atoms with E-state index in [0.29, 0.717) is 25.3 Å². The van der Waals surface area contributed by atoms with Gasteiger partial charge in [0.15, 0.2) is 0 Å². The molecule has 0 saturated heterocycles. The Labute approximate surface area is 108 Å². The van der Waals surface area contributed by atoms with Gasteiger partial charge in [0.2, 0.25) is 11.8 Å². The molecule has 1 aliphatic carbocycles. The van der Waals surface area contributed by atoms with E-state index in [1.165, 1.54) is 0 Å². The number of carbonyl (C=O) groups excluding carboxylic acids is 2. The van der Waals surface area contributed by atoms with Crippen LogP contribution in [-0.4, -0.2) is 37.0 Å². The van der Waals surface area contributed by atoms with Crippen LogP contribution < -0.4 is 22.1 Å². The molecular weight excluding hydrogens is 232 g/mol. The van der Waals surface area contributed by atoms with Crippen LogP contribution in [0.1, 0.15) is 32.6 Å². The second-order valence-corrected chi connectivity index (χ2v) is 4.92. The first kappa shape index (κ1) is 14.9. The standard InChI is InChI=1S/C12H24N4O2/c1-3-16-12(11(14)18,8-4-5-8)7-6-9(15-2)10(13)17/h8-9,15-16H,3-7H2,1-2H3,(H2,13,17)(H2,14,18). The van der Waals surface area contributed by atoms with Crippen molar-refractivity contribution >= 4 is 11.8 Å². The number of hydrogen-bond acceptors (Lipinski definition) is 4. The number of carbonyl (C=O) groups is 2. The van der Waals surface area contributed by atoms with Crippen molar-refractivity contribution in [2.45, 2.75) is 44.2 Å². The van der Waals surface area contributed by atoms with E-state index in [1.807, 2.05) is 6.92 Å². The number of nitrogens with two attached hydrogens (primary N) is 2. The number of likely N-dealkylation sites (N-methyl/N-ethyl adjacent to an activating group) is 2. The molecule has 6 heteroatoms. The third kappa shape index (κ3) is 3.20. The molecule has 2 amide bonds. The molecule has 0 heterocycles. The van der Waals surface area contributed by atoms with Crippen LogP contribution >= 0.6 is 0 Å². The molecule has 6 nitrogen and oxygen atoms in total. The maximum absolute atomic E-state index is 11.8. The Morgan fingerprint density at radius 2 is 2.00 bits per heavy atom. The summed E-state index contributed by atoms with van der Waals surface area (Å²) in [5.74, 6) is -0.435. The van der Waals surface area contributed by atoms with Crippen molar-refractivity contribution in [1.82, 2.24) is 10.6 Å². The minimum absolute atomic E-state index is 0.292. The first-order valence-corrected chi connectivity index (χ1v) is 6.49. The monoisotopic (exact) mass is 256 g/mol. The molecule has 18 heavy (non-hydrogen) atoms. The van der Waals surface area contributed by atoms with Crippen LogP contribution in [0.5, 0.6) is 0 Å². The Balaban J connectivity index is 2.72. The molecular formula is C12H24N4O2. The number of hydrogen-bond donors (Lipinski definition) is 4. The molecule has 0 aromatic rings. The summed E-state index contributed by atoms with van der Waals surface area (Å²) in [6.45, 7) is 2.63. The molecule has 1 rings (SSSR count). The lowest BCUT2D eigenvalue weighted by Gasteiger charge is -2.32. The van der Waals surface area contributed by atoms with Crippen LogP contribution in [0.15, 0.2) is 0 Å². The van der Waals surface area contributed by atoms with Gasteiger partial charge in [0.25, 0.3) is 0 Å². The van der Waals surface area contributed by atoms with Gasteiger partial charge in [-0.25, -0.2) is 0 Å². The third-order valence-electron chi connectivity index (χ3n) is 3.73. The van der Waals surface area contributed by atoms with Gasteiger partial charge in [0.05, 0.1) is 6.04 Å². The van der Waals surface area contributed by atoms with Crippen LogP contribution in [0.2, 0.25) is 0 Å². The molecule has 0 radical (unpaired) electrons. The Kier molecular flexibility index (Phi) is 5.10. The van der Waals surface area contributed by atoms with Gasteiger partial charge < -0.3 is 22.1 Å². The second kappa shape index (κ2) is 6.15. The molecule has 0 aromatic carbocycles. The third-order valence-corrected chi connectivity index (χ3v) is 3.73. The van der Waals surface area contributed by atoms with Crippen molar-refractivity contribution in [2.24, 2.45) is 17.4 Å². The smallest absolute Gasteiger partial charge is 0.238 e. The van der Waals surface area contributed by atoms with E-state index in [4.69, 9.17) is 11.5 Å². The zero-order valence-electron chi connectivity index (χ0n) is 11.2. The highest BCUT2D eigenvalue weighted by Gasteiger charge is 2.49. The largest absolute Gasteiger partial charge is 0.368 e. The van der Waals surface area contributed by atoms with Crippen molar-refractivity contribution in [1.29, 1.82) is 0 Å². The molecule has 0 spiro atoms. The number of rotatable bonds is 9. The first-order chi connectivity index (χ1) is 8.47. The number of primary amides is 2. The van der Waals surface area contributed by atoms with Crippen molar-refractivity contribution in [3.05, 3.63) is 0 Å². The van der Waals surface area contributed by atoms with E-state index >= 15 is 0 Å². The molecule has 1 fully saturated rings. The van der Waals surface area contributed by atoms with E-state index in [9.17, 15) is 9.59 Å². The summed E-state index contributed by atoms with van der Waals surface area (Å²) >= 11 is 0. The Hall–Kier alpha value is -1.14. The maximum atomic E-state index is 11.8. The predicted octanol–water partition coefficient (Wildman–Crippen LogP) is -0.916. The van der Waals surface area contributed by atoms with Gasteiger partial charge in [0, 0.05) is 0 Å². The Bertz CT molecular complexity index is 317. The summed E-state index contributed by atoms with van der Waals surface area (Å²) in [4.78, 5) is 23.0. The molecule has 6 N–H and O–H groups in total. The fourth-order valence-corrected chi connectivity index (χ4v) is 2.54. The van der Waals surface area contributed by atoms with Crippen LogP contribution in [-0.2, 0) is 9.59 Å². The summed E-state index contributed by atoms with van der Waals surface area (Å²) in [6, 6.07) is -0.416. The van der Waals surface area contributed by atoms with Gasteiger partial charge in [-0.05, 0) is 45.2 Å². The highest BCUT2D eigenvalue weighted by molar-refractivity contribution is 5.86. The van der Waals surface area contributed by atoms with Crippen molar-refractivity contribution < 1.29 is 9.59 Å². The normalized spacial score (nSPS) is 20.1. The highest BCUT2D eigenvalue weighted by atomic mass is 16.2. The molecule has 1 saturated carbocycles.